The van der Waals surface area contributed by atoms with E-state index in [-0.39, 0.29) is 11.6 Å². The number of aromatic nitrogens is 1. The fourth-order valence-electron chi connectivity index (χ4n) is 1.65. The summed E-state index contributed by atoms with van der Waals surface area (Å²) in [7, 11) is -3.65. The lowest BCUT2D eigenvalue weighted by molar-refractivity contribution is 0.393. The molecule has 2 heterocycles. The van der Waals surface area contributed by atoms with E-state index < -0.39 is 10.0 Å². The quantitative estimate of drug-likeness (QED) is 0.812. The Morgan fingerprint density at radius 3 is 2.71 bits per heavy atom. The van der Waals surface area contributed by atoms with E-state index in [1.807, 2.05) is 13.8 Å². The maximum atomic E-state index is 12.1. The van der Waals surface area contributed by atoms with Gasteiger partial charge < -0.3 is 9.73 Å². The molecule has 21 heavy (non-hydrogen) atoms. The van der Waals surface area contributed by atoms with Gasteiger partial charge in [0.15, 0.2) is 0 Å². The van der Waals surface area contributed by atoms with Crippen LogP contribution in [0.5, 0.6) is 0 Å². The molecule has 2 aromatic heterocycles. The van der Waals surface area contributed by atoms with Crippen LogP contribution >= 0.6 is 0 Å². The molecule has 0 amide bonds. The van der Waals surface area contributed by atoms with E-state index in [4.69, 9.17) is 4.42 Å². The maximum Gasteiger partial charge on any atom is 0.274 e. The Bertz CT molecular complexity index is 666. The van der Waals surface area contributed by atoms with Gasteiger partial charge in [0.1, 0.15) is 5.76 Å². The number of nitrogens with zero attached hydrogens (tertiary/aromatic N) is 1. The van der Waals surface area contributed by atoms with Gasteiger partial charge in [-0.25, -0.2) is 13.1 Å². The molecule has 0 bridgehead atoms. The molecule has 0 aromatic carbocycles. The van der Waals surface area contributed by atoms with Crippen LogP contribution in [0.15, 0.2) is 46.2 Å². The van der Waals surface area contributed by atoms with Gasteiger partial charge in [-0.05, 0) is 23.8 Å². The molecule has 0 saturated heterocycles. The summed E-state index contributed by atoms with van der Waals surface area (Å²) in [4.78, 5) is 3.94. The van der Waals surface area contributed by atoms with E-state index in [1.54, 1.807) is 30.6 Å². The SMILES string of the molecule is CC(C)NCc1ccc(S(=O)(=O)NCc2cccnc2)o1. The predicted octanol–water partition coefficient (Wildman–Crippen LogP) is 1.65. The molecule has 0 unspecified atom stereocenters. The van der Waals surface area contributed by atoms with Crippen molar-refractivity contribution >= 4 is 10.0 Å². The summed E-state index contributed by atoms with van der Waals surface area (Å²) in [5.74, 6) is 0.588. The maximum absolute atomic E-state index is 12.1. The van der Waals surface area contributed by atoms with Crippen molar-refractivity contribution in [1.29, 1.82) is 0 Å². The van der Waals surface area contributed by atoms with Gasteiger partial charge in [-0.3, -0.25) is 4.98 Å². The van der Waals surface area contributed by atoms with Crippen LogP contribution in [0.25, 0.3) is 0 Å². The zero-order valence-electron chi connectivity index (χ0n) is 12.0. The largest absolute Gasteiger partial charge is 0.447 e. The Kier molecular flexibility index (Phi) is 5.11. The Balaban J connectivity index is 1.99. The van der Waals surface area contributed by atoms with Gasteiger partial charge in [-0.1, -0.05) is 19.9 Å². The lowest BCUT2D eigenvalue weighted by Gasteiger charge is -2.06. The number of sulfonamides is 1. The average Bonchev–Trinajstić information content (AvgIpc) is 2.94. The summed E-state index contributed by atoms with van der Waals surface area (Å²) in [6.45, 7) is 4.69. The fourth-order valence-corrected chi connectivity index (χ4v) is 2.62. The topological polar surface area (TPSA) is 84.2 Å². The first-order chi connectivity index (χ1) is 9.97. The van der Waals surface area contributed by atoms with Crippen molar-refractivity contribution < 1.29 is 12.8 Å². The number of hydrogen-bond acceptors (Lipinski definition) is 5. The zero-order chi connectivity index (χ0) is 15.3. The molecule has 2 N–H and O–H groups in total. The molecule has 0 fully saturated rings. The minimum atomic E-state index is -3.65. The molecule has 0 aliphatic rings. The summed E-state index contributed by atoms with van der Waals surface area (Å²) < 4.78 is 32.1. The first kappa shape index (κ1) is 15.7. The standard InChI is InChI=1S/C14H19N3O3S/c1-11(2)16-10-13-5-6-14(20-13)21(18,19)17-9-12-4-3-7-15-8-12/h3-8,11,16-17H,9-10H2,1-2H3. The Morgan fingerprint density at radius 2 is 2.05 bits per heavy atom. The van der Waals surface area contributed by atoms with Crippen LogP contribution < -0.4 is 10.0 Å². The predicted molar refractivity (Wildman–Crippen MR) is 78.9 cm³/mol. The van der Waals surface area contributed by atoms with E-state index in [0.717, 1.165) is 5.56 Å². The van der Waals surface area contributed by atoms with E-state index in [2.05, 4.69) is 15.0 Å². The summed E-state index contributed by atoms with van der Waals surface area (Å²) in [6, 6.07) is 6.98. The number of pyridine rings is 1. The van der Waals surface area contributed by atoms with Crippen molar-refractivity contribution in [2.75, 3.05) is 0 Å². The molecule has 2 rings (SSSR count). The molecular weight excluding hydrogens is 290 g/mol. The van der Waals surface area contributed by atoms with Gasteiger partial charge in [0.25, 0.3) is 10.0 Å². The molecule has 0 aliphatic heterocycles. The van der Waals surface area contributed by atoms with Crippen LogP contribution in [0.1, 0.15) is 25.2 Å². The number of nitrogens with one attached hydrogen (secondary N) is 2. The van der Waals surface area contributed by atoms with Gasteiger partial charge in [0.05, 0.1) is 6.54 Å². The van der Waals surface area contributed by atoms with Crippen molar-refractivity contribution in [3.8, 4) is 0 Å². The summed E-state index contributed by atoms with van der Waals surface area (Å²) in [5, 5.41) is 3.09. The third-order valence-corrected chi connectivity index (χ3v) is 4.05. The first-order valence-electron chi connectivity index (χ1n) is 6.68. The molecule has 7 heteroatoms. The highest BCUT2D eigenvalue weighted by atomic mass is 32.2. The monoisotopic (exact) mass is 309 g/mol. The highest BCUT2D eigenvalue weighted by molar-refractivity contribution is 7.89. The van der Waals surface area contributed by atoms with Gasteiger partial charge in [0.2, 0.25) is 5.09 Å². The van der Waals surface area contributed by atoms with Crippen LogP contribution in [0, 0.1) is 0 Å². The molecular formula is C14H19N3O3S. The van der Waals surface area contributed by atoms with Crippen molar-refractivity contribution in [3.63, 3.8) is 0 Å². The zero-order valence-corrected chi connectivity index (χ0v) is 12.9. The van der Waals surface area contributed by atoms with E-state index >= 15 is 0 Å². The molecule has 0 saturated carbocycles. The van der Waals surface area contributed by atoms with Gasteiger partial charge >= 0.3 is 0 Å². The number of rotatable bonds is 7. The van der Waals surface area contributed by atoms with Crippen molar-refractivity contribution in [1.82, 2.24) is 15.0 Å². The van der Waals surface area contributed by atoms with Crippen molar-refractivity contribution in [2.45, 2.75) is 38.1 Å². The van der Waals surface area contributed by atoms with Crippen LogP contribution in [-0.4, -0.2) is 19.4 Å². The molecule has 2 aromatic rings. The van der Waals surface area contributed by atoms with E-state index in [0.29, 0.717) is 18.3 Å². The Hall–Kier alpha value is -1.70. The minimum absolute atomic E-state index is 0.0769. The molecule has 0 atom stereocenters. The average molecular weight is 309 g/mol. The minimum Gasteiger partial charge on any atom is -0.447 e. The van der Waals surface area contributed by atoms with E-state index in [1.165, 1.54) is 6.07 Å². The van der Waals surface area contributed by atoms with Gasteiger partial charge in [0, 0.05) is 25.0 Å². The van der Waals surface area contributed by atoms with Crippen LogP contribution in [0.2, 0.25) is 0 Å². The second kappa shape index (κ2) is 6.84. The Morgan fingerprint density at radius 1 is 1.24 bits per heavy atom. The van der Waals surface area contributed by atoms with Crippen LogP contribution in [0.3, 0.4) is 0 Å². The summed E-state index contributed by atoms with van der Waals surface area (Å²) >= 11 is 0. The third-order valence-electron chi connectivity index (χ3n) is 2.78. The Labute approximate surface area is 124 Å². The van der Waals surface area contributed by atoms with Gasteiger partial charge in [-0.2, -0.15) is 0 Å². The first-order valence-corrected chi connectivity index (χ1v) is 8.16. The summed E-state index contributed by atoms with van der Waals surface area (Å²) in [6.07, 6.45) is 3.25. The molecule has 0 radical (unpaired) electrons. The highest BCUT2D eigenvalue weighted by Crippen LogP contribution is 2.14. The van der Waals surface area contributed by atoms with Crippen LogP contribution in [0.4, 0.5) is 0 Å². The second-order valence-electron chi connectivity index (χ2n) is 4.94. The molecule has 0 aliphatic carbocycles. The second-order valence-corrected chi connectivity index (χ2v) is 6.64. The number of furan rings is 1. The summed E-state index contributed by atoms with van der Waals surface area (Å²) in [5.41, 5.74) is 0.786. The lowest BCUT2D eigenvalue weighted by Crippen LogP contribution is -2.23. The molecule has 114 valence electrons. The molecule has 6 nitrogen and oxygen atoms in total. The fraction of sp³-hybridized carbons (Fsp3) is 0.357. The highest BCUT2D eigenvalue weighted by Gasteiger charge is 2.18. The van der Waals surface area contributed by atoms with Crippen molar-refractivity contribution in [2.24, 2.45) is 0 Å². The number of hydrogen-bond donors (Lipinski definition) is 2. The van der Waals surface area contributed by atoms with Crippen LogP contribution in [-0.2, 0) is 23.1 Å². The normalized spacial score (nSPS) is 12.0. The molecule has 0 spiro atoms. The smallest absolute Gasteiger partial charge is 0.274 e. The third kappa shape index (κ3) is 4.66. The van der Waals surface area contributed by atoms with E-state index in [9.17, 15) is 8.42 Å². The lowest BCUT2D eigenvalue weighted by atomic mass is 10.3. The van der Waals surface area contributed by atoms with Gasteiger partial charge in [-0.15, -0.1) is 0 Å². The van der Waals surface area contributed by atoms with Crippen molar-refractivity contribution in [3.05, 3.63) is 48.0 Å².